The number of carbonyl (C=O) groups excluding carboxylic acids is 1. The lowest BCUT2D eigenvalue weighted by molar-refractivity contribution is -0.121. The van der Waals surface area contributed by atoms with Crippen LogP contribution < -0.4 is 14.8 Å². The standard InChI is InChI=1S/C51H55NO6/c1-4-52-40-11-7-9-33(24-40)8-5-6-10-35-17-19-41(53)27-38(35)28-43-29-42(54)18-13-34-14-21-47(56-3)48(25-34)58-31-39-26-37-16-15-36(22-23-57-43)49-46(55)30-45-32(2)12-20-44(39)51(45)50(37)49/h7,9,11-12,14,17,19-21,24-27,30,32,35-36,38,43,52-53,55H,4-6,8,10,13,15-16,18,28-29,31H2,1-3H3/t32-,35+,36-,38+,43+/m0/s1. The van der Waals surface area contributed by atoms with Gasteiger partial charge in [-0.05, 0) is 150 Å². The molecule has 2 heterocycles. The second kappa shape index (κ2) is 17.5. The molecule has 9 rings (SSSR count). The first kappa shape index (κ1) is 39.2. The van der Waals surface area contributed by atoms with Crippen LogP contribution >= 0.6 is 0 Å². The molecule has 0 spiro atoms. The van der Waals surface area contributed by atoms with Crippen LogP contribution in [0.15, 0.2) is 84.7 Å². The Balaban J connectivity index is 1.08. The fourth-order valence-corrected chi connectivity index (χ4v) is 9.52. The van der Waals surface area contributed by atoms with Crippen molar-refractivity contribution in [1.82, 2.24) is 0 Å². The average Bonchev–Trinajstić information content (AvgIpc) is 3.22. The van der Waals surface area contributed by atoms with E-state index in [1.807, 2.05) is 30.3 Å². The summed E-state index contributed by atoms with van der Waals surface area (Å²) in [5, 5.41) is 27.9. The van der Waals surface area contributed by atoms with E-state index < -0.39 is 6.10 Å². The highest BCUT2D eigenvalue weighted by molar-refractivity contribution is 6.03. The number of fused-ring (bicyclic) bond motifs is 7. The molecule has 0 aromatic heterocycles. The van der Waals surface area contributed by atoms with Gasteiger partial charge in [0.2, 0.25) is 0 Å². The van der Waals surface area contributed by atoms with Gasteiger partial charge in [-0.3, -0.25) is 4.79 Å². The van der Waals surface area contributed by atoms with Crippen LogP contribution in [0.1, 0.15) is 110 Å². The van der Waals surface area contributed by atoms with E-state index in [1.54, 1.807) is 13.2 Å². The van der Waals surface area contributed by atoms with E-state index in [0.717, 1.165) is 84.0 Å². The van der Waals surface area contributed by atoms with Gasteiger partial charge in [-0.1, -0.05) is 61.8 Å². The third-order valence-corrected chi connectivity index (χ3v) is 12.5. The number of allylic oxidation sites excluding steroid dienone is 4. The quantitative estimate of drug-likeness (QED) is 0.109. The average molecular weight is 778 g/mol. The van der Waals surface area contributed by atoms with Crippen molar-refractivity contribution in [3.63, 3.8) is 0 Å². The van der Waals surface area contributed by atoms with Crippen molar-refractivity contribution in [3.8, 4) is 29.3 Å². The van der Waals surface area contributed by atoms with Crippen LogP contribution in [-0.4, -0.2) is 35.8 Å². The maximum Gasteiger partial charge on any atom is 0.161 e. The summed E-state index contributed by atoms with van der Waals surface area (Å²) in [6.45, 7) is 5.53. The molecule has 3 aliphatic carbocycles. The molecule has 300 valence electrons. The number of carbonyl (C=O) groups is 1. The van der Waals surface area contributed by atoms with Crippen LogP contribution in [0.2, 0.25) is 0 Å². The van der Waals surface area contributed by atoms with Gasteiger partial charge < -0.3 is 29.7 Å². The second-order valence-corrected chi connectivity index (χ2v) is 16.5. The molecular weight excluding hydrogens is 723 g/mol. The number of ketones is 1. The third-order valence-electron chi connectivity index (χ3n) is 12.5. The van der Waals surface area contributed by atoms with E-state index >= 15 is 0 Å². The van der Waals surface area contributed by atoms with E-state index in [0.29, 0.717) is 37.4 Å². The second-order valence-electron chi connectivity index (χ2n) is 16.5. The largest absolute Gasteiger partial charge is 0.508 e. The first-order chi connectivity index (χ1) is 28.3. The summed E-state index contributed by atoms with van der Waals surface area (Å²) in [5.41, 5.74) is 8.84. The predicted octanol–water partition coefficient (Wildman–Crippen LogP) is 11.0. The molecule has 5 atom stereocenters. The van der Waals surface area contributed by atoms with Crippen LogP contribution in [0, 0.1) is 23.9 Å². The number of ether oxygens (including phenoxy) is 3. The Labute approximate surface area is 342 Å². The van der Waals surface area contributed by atoms with E-state index in [-0.39, 0.29) is 47.4 Å². The highest BCUT2D eigenvalue weighted by Crippen LogP contribution is 2.49. The fourth-order valence-electron chi connectivity index (χ4n) is 9.52. The number of anilines is 1. The van der Waals surface area contributed by atoms with E-state index in [1.165, 1.54) is 16.5 Å². The van der Waals surface area contributed by atoms with Crippen molar-refractivity contribution in [2.75, 3.05) is 19.0 Å². The van der Waals surface area contributed by atoms with E-state index in [9.17, 15) is 15.0 Å². The zero-order valence-electron chi connectivity index (χ0n) is 34.0. The molecule has 8 bridgehead atoms. The molecule has 0 radical (unpaired) electrons. The van der Waals surface area contributed by atoms with Gasteiger partial charge in [0.05, 0.1) is 13.0 Å². The van der Waals surface area contributed by atoms with Gasteiger partial charge in [-0.25, -0.2) is 0 Å². The molecule has 7 nitrogen and oxygen atoms in total. The fraction of sp³-hybridized carbons (Fsp3) is 0.392. The molecule has 5 aliphatic rings. The molecule has 0 saturated heterocycles. The van der Waals surface area contributed by atoms with E-state index in [4.69, 9.17) is 14.2 Å². The van der Waals surface area contributed by atoms with E-state index in [2.05, 4.69) is 79.8 Å². The summed E-state index contributed by atoms with van der Waals surface area (Å²) in [5.74, 6) is 5.43. The number of nitrogens with one attached hydrogen (secondary N) is 1. The maximum absolute atomic E-state index is 13.7. The number of hydrogen-bond acceptors (Lipinski definition) is 7. The van der Waals surface area contributed by atoms with Crippen LogP contribution in [0.5, 0.6) is 17.2 Å². The number of benzene rings is 4. The minimum Gasteiger partial charge on any atom is -0.508 e. The topological polar surface area (TPSA) is 97.3 Å². The van der Waals surface area contributed by atoms with Gasteiger partial charge in [-0.15, -0.1) is 0 Å². The molecule has 58 heavy (non-hydrogen) atoms. The Morgan fingerprint density at radius 3 is 2.71 bits per heavy atom. The first-order valence-corrected chi connectivity index (χ1v) is 21.2. The van der Waals surface area contributed by atoms with Crippen molar-refractivity contribution in [1.29, 1.82) is 0 Å². The normalized spacial score (nSPS) is 22.3. The van der Waals surface area contributed by atoms with Gasteiger partial charge in [-0.2, -0.15) is 0 Å². The van der Waals surface area contributed by atoms with Crippen LogP contribution in [0.3, 0.4) is 0 Å². The summed E-state index contributed by atoms with van der Waals surface area (Å²) < 4.78 is 18.7. The van der Waals surface area contributed by atoms with Crippen molar-refractivity contribution >= 4 is 28.3 Å². The monoisotopic (exact) mass is 777 g/mol. The number of aliphatic hydroxyl groups is 1. The maximum atomic E-state index is 13.7. The number of phenolic OH excluding ortho intramolecular Hbond substituents is 1. The number of hydrogen-bond donors (Lipinski definition) is 3. The summed E-state index contributed by atoms with van der Waals surface area (Å²) in [4.78, 5) is 13.7. The van der Waals surface area contributed by atoms with Crippen molar-refractivity contribution < 1.29 is 29.2 Å². The zero-order chi connectivity index (χ0) is 40.2. The number of aliphatic hydroxyl groups excluding tert-OH is 1. The Morgan fingerprint density at radius 1 is 0.948 bits per heavy atom. The molecule has 7 heteroatoms. The molecule has 4 aromatic carbocycles. The molecule has 0 unspecified atom stereocenters. The minimum absolute atomic E-state index is 0.00411. The number of aryl methyl sites for hydroxylation is 3. The summed E-state index contributed by atoms with van der Waals surface area (Å²) in [6, 6.07) is 18.7. The van der Waals surface area contributed by atoms with Crippen molar-refractivity contribution in [2.24, 2.45) is 11.8 Å². The van der Waals surface area contributed by atoms with Gasteiger partial charge in [0.25, 0.3) is 0 Å². The summed E-state index contributed by atoms with van der Waals surface area (Å²) >= 11 is 0. The zero-order valence-corrected chi connectivity index (χ0v) is 34.0. The molecule has 2 aliphatic heterocycles. The number of phenols is 1. The van der Waals surface area contributed by atoms with Gasteiger partial charge >= 0.3 is 0 Å². The third kappa shape index (κ3) is 8.48. The lowest BCUT2D eigenvalue weighted by Crippen LogP contribution is -2.24. The summed E-state index contributed by atoms with van der Waals surface area (Å²) in [6.07, 6.45) is 20.2. The highest BCUT2D eigenvalue weighted by atomic mass is 16.5. The molecule has 0 saturated carbocycles. The first-order valence-electron chi connectivity index (χ1n) is 21.2. The number of methoxy groups -OCH3 is 1. The molecule has 4 aromatic rings. The van der Waals surface area contributed by atoms with Crippen LogP contribution in [0.4, 0.5) is 5.69 Å². The Morgan fingerprint density at radius 2 is 1.84 bits per heavy atom. The minimum atomic E-state index is -0.466. The lowest BCUT2D eigenvalue weighted by atomic mass is 9.74. The number of unbranched alkanes of at least 4 members (excludes halogenated alkanes) is 1. The highest BCUT2D eigenvalue weighted by Gasteiger charge is 2.31. The van der Waals surface area contributed by atoms with Crippen molar-refractivity contribution in [2.45, 2.75) is 103 Å². The Hall–Kier alpha value is -5.61. The molecule has 3 N–H and O–H groups in total. The summed E-state index contributed by atoms with van der Waals surface area (Å²) in [7, 11) is 1.65. The van der Waals surface area contributed by atoms with Crippen molar-refractivity contribution in [3.05, 3.63) is 124 Å². The van der Waals surface area contributed by atoms with Crippen LogP contribution in [0.25, 0.3) is 16.8 Å². The van der Waals surface area contributed by atoms with Gasteiger partial charge in [0.15, 0.2) is 11.5 Å². The molecular formula is C51H55NO6. The SMILES string of the molecule is CCNc1cccc(CCCC[C@@H]2C=CC(O)=C[C@@H]2C[C@@H]2CC(=O)CCc3ccc(OC)c(c3)OCc3cc4c5c(c(O)cc6c5c3C=C[C@@H]6C)[C@H](C#CO2)CC4)c1. The van der Waals surface area contributed by atoms with Gasteiger partial charge in [0.1, 0.15) is 36.1 Å². The predicted molar refractivity (Wildman–Crippen MR) is 232 cm³/mol. The number of aromatic hydroxyl groups is 1. The lowest BCUT2D eigenvalue weighted by Gasteiger charge is -2.30. The smallest absolute Gasteiger partial charge is 0.161 e. The van der Waals surface area contributed by atoms with Crippen LogP contribution in [-0.2, 0) is 35.4 Å². The van der Waals surface area contributed by atoms with Gasteiger partial charge in [0, 0.05) is 36.6 Å². The number of Topliss-reactive ketones (excluding diaryl/α,β-unsaturated/α-hetero) is 1. The Kier molecular flexibility index (Phi) is 11.8. The molecule has 0 fully saturated rings. The number of rotatable bonds is 10. The molecule has 0 amide bonds. The Bertz CT molecular complexity index is 2340.